The molecule has 1 N–H and O–H groups in total. The molecule has 0 saturated carbocycles. The highest BCUT2D eigenvalue weighted by Crippen LogP contribution is 2.06. The Labute approximate surface area is 106 Å². The Morgan fingerprint density at radius 1 is 1.39 bits per heavy atom. The summed E-state index contributed by atoms with van der Waals surface area (Å²) in [7, 11) is -0.359. The van der Waals surface area contributed by atoms with E-state index in [-0.39, 0.29) is 0 Å². The summed E-state index contributed by atoms with van der Waals surface area (Å²) in [5.74, 6) is 0. The maximum absolute atomic E-state index is 11.5. The van der Waals surface area contributed by atoms with Gasteiger partial charge in [-0.3, -0.25) is 0 Å². The number of aryl methyl sites for hydroxylation is 1. The van der Waals surface area contributed by atoms with Crippen LogP contribution in [0.1, 0.15) is 5.69 Å². The summed E-state index contributed by atoms with van der Waals surface area (Å²) in [6.07, 6.45) is 3.73. The standard InChI is InChI=1S/C10H17N5O2S/c1-9-8-10-14(6-7-15(10)12-9)5-4-11-18(16,17)13(2)3/h6-8,11H,4-5H2,1-3H3. The minimum atomic E-state index is -3.35. The highest BCUT2D eigenvalue weighted by atomic mass is 32.2. The Hall–Kier alpha value is -1.38. The zero-order chi connectivity index (χ0) is 13.3. The van der Waals surface area contributed by atoms with Gasteiger partial charge in [-0.25, -0.2) is 9.24 Å². The Balaban J connectivity index is 2.03. The van der Waals surface area contributed by atoms with Gasteiger partial charge in [-0.1, -0.05) is 0 Å². The van der Waals surface area contributed by atoms with Crippen molar-refractivity contribution in [2.24, 2.45) is 0 Å². The molecule has 0 aliphatic heterocycles. The zero-order valence-corrected chi connectivity index (χ0v) is 11.5. The molecular formula is C10H17N5O2S. The summed E-state index contributed by atoms with van der Waals surface area (Å²) in [4.78, 5) is 0. The van der Waals surface area contributed by atoms with Crippen molar-refractivity contribution >= 4 is 15.9 Å². The summed E-state index contributed by atoms with van der Waals surface area (Å²) >= 11 is 0. The Bertz CT molecular complexity index is 640. The van der Waals surface area contributed by atoms with Gasteiger partial charge in [0.15, 0.2) is 0 Å². The van der Waals surface area contributed by atoms with Crippen LogP contribution in [0.4, 0.5) is 0 Å². The predicted molar refractivity (Wildman–Crippen MR) is 68.5 cm³/mol. The second-order valence-corrected chi connectivity index (χ2v) is 6.23. The lowest BCUT2D eigenvalue weighted by atomic mass is 10.5. The molecule has 7 nitrogen and oxygen atoms in total. The van der Waals surface area contributed by atoms with Crippen LogP contribution in [-0.2, 0) is 16.8 Å². The molecule has 2 rings (SSSR count). The van der Waals surface area contributed by atoms with E-state index in [0.29, 0.717) is 13.1 Å². The van der Waals surface area contributed by atoms with Crippen LogP contribution in [0.5, 0.6) is 0 Å². The van der Waals surface area contributed by atoms with Crippen molar-refractivity contribution in [3.63, 3.8) is 0 Å². The third kappa shape index (κ3) is 2.55. The highest BCUT2D eigenvalue weighted by Gasteiger charge is 2.12. The van der Waals surface area contributed by atoms with Gasteiger partial charge in [0.05, 0.1) is 5.69 Å². The monoisotopic (exact) mass is 271 g/mol. The SMILES string of the molecule is Cc1cc2n(CCNS(=O)(=O)N(C)C)ccn2n1. The fourth-order valence-corrected chi connectivity index (χ4v) is 2.27. The van der Waals surface area contributed by atoms with Gasteiger partial charge in [0.25, 0.3) is 10.2 Å². The lowest BCUT2D eigenvalue weighted by Gasteiger charge is -2.12. The van der Waals surface area contributed by atoms with Gasteiger partial charge >= 0.3 is 0 Å². The summed E-state index contributed by atoms with van der Waals surface area (Å²) in [6.45, 7) is 2.83. The molecule has 2 heterocycles. The molecule has 0 aliphatic rings. The number of rotatable bonds is 5. The molecule has 100 valence electrons. The van der Waals surface area contributed by atoms with E-state index < -0.39 is 10.2 Å². The molecule has 0 bridgehead atoms. The van der Waals surface area contributed by atoms with Crippen LogP contribution >= 0.6 is 0 Å². The van der Waals surface area contributed by atoms with E-state index in [9.17, 15) is 8.42 Å². The minimum absolute atomic E-state index is 0.342. The first-order valence-electron chi connectivity index (χ1n) is 5.58. The highest BCUT2D eigenvalue weighted by molar-refractivity contribution is 7.87. The molecule has 0 spiro atoms. The van der Waals surface area contributed by atoms with Crippen molar-refractivity contribution in [2.75, 3.05) is 20.6 Å². The van der Waals surface area contributed by atoms with Crippen LogP contribution in [-0.4, -0.2) is 47.5 Å². The van der Waals surface area contributed by atoms with Crippen LogP contribution in [0.25, 0.3) is 5.65 Å². The van der Waals surface area contributed by atoms with E-state index in [1.807, 2.05) is 30.0 Å². The molecule has 18 heavy (non-hydrogen) atoms. The molecule has 0 radical (unpaired) electrons. The molecule has 0 aromatic carbocycles. The number of hydrogen-bond acceptors (Lipinski definition) is 3. The Morgan fingerprint density at radius 2 is 2.11 bits per heavy atom. The molecule has 0 aliphatic carbocycles. The van der Waals surface area contributed by atoms with E-state index in [2.05, 4.69) is 9.82 Å². The van der Waals surface area contributed by atoms with Gasteiger partial charge in [0.1, 0.15) is 5.65 Å². The van der Waals surface area contributed by atoms with E-state index in [0.717, 1.165) is 15.6 Å². The van der Waals surface area contributed by atoms with Gasteiger partial charge in [-0.15, -0.1) is 0 Å². The number of nitrogens with zero attached hydrogens (tertiary/aromatic N) is 4. The minimum Gasteiger partial charge on any atom is -0.330 e. The van der Waals surface area contributed by atoms with Crippen LogP contribution in [0, 0.1) is 6.92 Å². The predicted octanol–water partition coefficient (Wildman–Crippen LogP) is -0.160. The van der Waals surface area contributed by atoms with Gasteiger partial charge in [-0.2, -0.15) is 17.8 Å². The third-order valence-electron chi connectivity index (χ3n) is 2.64. The maximum Gasteiger partial charge on any atom is 0.278 e. The molecule has 2 aromatic rings. The fraction of sp³-hybridized carbons (Fsp3) is 0.500. The van der Waals surface area contributed by atoms with Crippen molar-refractivity contribution in [3.8, 4) is 0 Å². The number of nitrogens with one attached hydrogen (secondary N) is 1. The number of aromatic nitrogens is 3. The average molecular weight is 271 g/mol. The number of hydrogen-bond donors (Lipinski definition) is 1. The number of fused-ring (bicyclic) bond motifs is 1. The van der Waals surface area contributed by atoms with E-state index in [1.165, 1.54) is 14.1 Å². The zero-order valence-electron chi connectivity index (χ0n) is 10.7. The molecule has 0 amide bonds. The van der Waals surface area contributed by atoms with Gasteiger partial charge in [0.2, 0.25) is 0 Å². The lowest BCUT2D eigenvalue weighted by Crippen LogP contribution is -2.37. The largest absolute Gasteiger partial charge is 0.330 e. The van der Waals surface area contributed by atoms with E-state index >= 15 is 0 Å². The topological polar surface area (TPSA) is 71.6 Å². The first-order chi connectivity index (χ1) is 8.40. The van der Waals surface area contributed by atoms with Crippen molar-refractivity contribution in [2.45, 2.75) is 13.5 Å². The summed E-state index contributed by atoms with van der Waals surface area (Å²) < 4.78 is 30.4. The van der Waals surface area contributed by atoms with Crippen molar-refractivity contribution in [3.05, 3.63) is 24.2 Å². The third-order valence-corrected chi connectivity index (χ3v) is 4.17. The average Bonchev–Trinajstić information content (AvgIpc) is 2.78. The van der Waals surface area contributed by atoms with Gasteiger partial charge in [0, 0.05) is 45.6 Å². The quantitative estimate of drug-likeness (QED) is 0.821. The normalized spacial score (nSPS) is 12.7. The van der Waals surface area contributed by atoms with E-state index in [1.54, 1.807) is 4.52 Å². The van der Waals surface area contributed by atoms with Crippen LogP contribution in [0.3, 0.4) is 0 Å². The Kier molecular flexibility index (Phi) is 3.42. The summed E-state index contributed by atoms with van der Waals surface area (Å²) in [6, 6.07) is 1.96. The van der Waals surface area contributed by atoms with Gasteiger partial charge < -0.3 is 4.57 Å². The molecular weight excluding hydrogens is 254 g/mol. The van der Waals surface area contributed by atoms with Crippen LogP contribution < -0.4 is 4.72 Å². The van der Waals surface area contributed by atoms with Crippen LogP contribution in [0.15, 0.2) is 18.5 Å². The summed E-state index contributed by atoms with van der Waals surface area (Å²) in [5, 5.41) is 4.27. The first kappa shape index (κ1) is 13.1. The smallest absolute Gasteiger partial charge is 0.278 e. The molecule has 0 fully saturated rings. The molecule has 0 saturated heterocycles. The second-order valence-electron chi connectivity index (χ2n) is 4.26. The number of imidazole rings is 1. The van der Waals surface area contributed by atoms with E-state index in [4.69, 9.17) is 0 Å². The van der Waals surface area contributed by atoms with Crippen molar-refractivity contribution in [1.82, 2.24) is 23.2 Å². The molecule has 2 aromatic heterocycles. The summed E-state index contributed by atoms with van der Waals surface area (Å²) in [5.41, 5.74) is 1.89. The molecule has 8 heteroatoms. The first-order valence-corrected chi connectivity index (χ1v) is 7.02. The van der Waals surface area contributed by atoms with Crippen molar-refractivity contribution < 1.29 is 8.42 Å². The Morgan fingerprint density at radius 3 is 2.78 bits per heavy atom. The maximum atomic E-state index is 11.5. The van der Waals surface area contributed by atoms with Gasteiger partial charge in [-0.05, 0) is 6.92 Å². The molecule has 0 unspecified atom stereocenters. The molecule has 0 atom stereocenters. The van der Waals surface area contributed by atoms with Crippen molar-refractivity contribution in [1.29, 1.82) is 0 Å². The lowest BCUT2D eigenvalue weighted by molar-refractivity contribution is 0.502. The van der Waals surface area contributed by atoms with Crippen LogP contribution in [0.2, 0.25) is 0 Å². The second kappa shape index (κ2) is 4.71. The fourth-order valence-electron chi connectivity index (χ4n) is 1.66.